The minimum atomic E-state index is 0.418. The number of aromatic nitrogens is 2. The van der Waals surface area contributed by atoms with Gasteiger partial charge in [0.05, 0.1) is 0 Å². The highest BCUT2D eigenvalue weighted by molar-refractivity contribution is 5.30. The van der Waals surface area contributed by atoms with Crippen molar-refractivity contribution in [3.8, 4) is 0 Å². The van der Waals surface area contributed by atoms with E-state index in [1.54, 1.807) is 0 Å². The van der Waals surface area contributed by atoms with Gasteiger partial charge in [0.1, 0.15) is 0 Å². The molecule has 1 aromatic carbocycles. The van der Waals surface area contributed by atoms with Crippen molar-refractivity contribution in [3.05, 3.63) is 53.9 Å². The average Bonchev–Trinajstić information content (AvgIpc) is 2.97. The Morgan fingerprint density at radius 1 is 1.04 bits per heavy atom. The summed E-state index contributed by atoms with van der Waals surface area (Å²) in [5.41, 5.74) is 3.21. The van der Waals surface area contributed by atoms with E-state index in [0.717, 1.165) is 25.6 Å². The fourth-order valence-corrected chi connectivity index (χ4v) is 4.40. The van der Waals surface area contributed by atoms with E-state index in [9.17, 15) is 0 Å². The highest BCUT2D eigenvalue weighted by atomic mass is 15.3. The van der Waals surface area contributed by atoms with Gasteiger partial charge in [-0.05, 0) is 44.4 Å². The third kappa shape index (κ3) is 3.29. The van der Waals surface area contributed by atoms with Gasteiger partial charge in [-0.2, -0.15) is 0 Å². The SMILES string of the molecule is Cc1cccc(CN2CC[C@]3(CCCN(c4ncccn4)C3)C2)c1. The molecular formula is C20H26N4. The van der Waals surface area contributed by atoms with Crippen molar-refractivity contribution in [1.29, 1.82) is 0 Å². The van der Waals surface area contributed by atoms with Crippen LogP contribution in [0.15, 0.2) is 42.7 Å². The van der Waals surface area contributed by atoms with Gasteiger partial charge in [-0.1, -0.05) is 29.8 Å². The number of hydrogen-bond acceptors (Lipinski definition) is 4. The van der Waals surface area contributed by atoms with Crippen LogP contribution in [0.25, 0.3) is 0 Å². The first-order valence-corrected chi connectivity index (χ1v) is 9.02. The topological polar surface area (TPSA) is 32.3 Å². The smallest absolute Gasteiger partial charge is 0.225 e. The molecule has 1 aromatic heterocycles. The summed E-state index contributed by atoms with van der Waals surface area (Å²) >= 11 is 0. The first-order chi connectivity index (χ1) is 11.7. The van der Waals surface area contributed by atoms with E-state index in [-0.39, 0.29) is 0 Å². The maximum Gasteiger partial charge on any atom is 0.225 e. The lowest BCUT2D eigenvalue weighted by atomic mass is 9.79. The zero-order valence-corrected chi connectivity index (χ0v) is 14.5. The highest BCUT2D eigenvalue weighted by Crippen LogP contribution is 2.40. The Balaban J connectivity index is 1.43. The van der Waals surface area contributed by atoms with E-state index in [2.05, 4.69) is 51.0 Å². The van der Waals surface area contributed by atoms with Crippen LogP contribution in [0.4, 0.5) is 5.95 Å². The zero-order valence-electron chi connectivity index (χ0n) is 14.5. The molecule has 2 aliphatic rings. The Morgan fingerprint density at radius 3 is 2.75 bits per heavy atom. The first-order valence-electron chi connectivity index (χ1n) is 9.02. The third-order valence-corrected chi connectivity index (χ3v) is 5.50. The lowest BCUT2D eigenvalue weighted by molar-refractivity contribution is 0.215. The van der Waals surface area contributed by atoms with Crippen LogP contribution in [0.2, 0.25) is 0 Å². The monoisotopic (exact) mass is 322 g/mol. The van der Waals surface area contributed by atoms with Crippen molar-refractivity contribution < 1.29 is 0 Å². The van der Waals surface area contributed by atoms with E-state index >= 15 is 0 Å². The molecular weight excluding hydrogens is 296 g/mol. The number of benzene rings is 1. The van der Waals surface area contributed by atoms with Crippen LogP contribution in [0, 0.1) is 12.3 Å². The van der Waals surface area contributed by atoms with Gasteiger partial charge < -0.3 is 4.90 Å². The Labute approximate surface area is 144 Å². The Kier molecular flexibility index (Phi) is 4.23. The van der Waals surface area contributed by atoms with E-state index in [0.29, 0.717) is 5.41 Å². The van der Waals surface area contributed by atoms with E-state index in [1.807, 2.05) is 18.5 Å². The molecule has 4 nitrogen and oxygen atoms in total. The summed E-state index contributed by atoms with van der Waals surface area (Å²) in [4.78, 5) is 13.9. The molecule has 4 heteroatoms. The van der Waals surface area contributed by atoms with Crippen LogP contribution in [-0.4, -0.2) is 41.0 Å². The Hall–Kier alpha value is -1.94. The van der Waals surface area contributed by atoms with Crippen LogP contribution < -0.4 is 4.90 Å². The number of rotatable bonds is 3. The largest absolute Gasteiger partial charge is 0.340 e. The molecule has 0 N–H and O–H groups in total. The van der Waals surface area contributed by atoms with Crippen LogP contribution >= 0.6 is 0 Å². The zero-order chi connectivity index (χ0) is 16.4. The minimum Gasteiger partial charge on any atom is -0.340 e. The van der Waals surface area contributed by atoms with E-state index in [1.165, 1.54) is 43.5 Å². The van der Waals surface area contributed by atoms with Gasteiger partial charge in [0.25, 0.3) is 0 Å². The number of piperidine rings is 1. The van der Waals surface area contributed by atoms with E-state index in [4.69, 9.17) is 0 Å². The molecule has 24 heavy (non-hydrogen) atoms. The molecule has 0 bridgehead atoms. The molecule has 4 rings (SSSR count). The van der Waals surface area contributed by atoms with Crippen molar-refractivity contribution in [1.82, 2.24) is 14.9 Å². The van der Waals surface area contributed by atoms with Crippen LogP contribution in [0.1, 0.15) is 30.4 Å². The maximum absolute atomic E-state index is 4.45. The molecule has 2 fully saturated rings. The number of anilines is 1. The highest BCUT2D eigenvalue weighted by Gasteiger charge is 2.41. The van der Waals surface area contributed by atoms with Crippen LogP contribution in [0.5, 0.6) is 0 Å². The summed E-state index contributed by atoms with van der Waals surface area (Å²) in [5.74, 6) is 0.897. The molecule has 3 heterocycles. The second kappa shape index (κ2) is 6.52. The van der Waals surface area contributed by atoms with Crippen LogP contribution in [-0.2, 0) is 6.54 Å². The molecule has 2 saturated heterocycles. The van der Waals surface area contributed by atoms with Gasteiger partial charge in [0.2, 0.25) is 5.95 Å². The first kappa shape index (κ1) is 15.6. The van der Waals surface area contributed by atoms with Gasteiger partial charge in [-0.3, -0.25) is 4.90 Å². The number of nitrogens with zero attached hydrogens (tertiary/aromatic N) is 4. The summed E-state index contributed by atoms with van der Waals surface area (Å²) in [6.07, 6.45) is 7.57. The predicted molar refractivity (Wildman–Crippen MR) is 97.0 cm³/mol. The molecule has 2 aromatic rings. The predicted octanol–water partition coefficient (Wildman–Crippen LogP) is 3.28. The molecule has 0 amide bonds. The second-order valence-corrected chi connectivity index (χ2v) is 7.52. The van der Waals surface area contributed by atoms with Crippen molar-refractivity contribution in [2.45, 2.75) is 32.7 Å². The van der Waals surface area contributed by atoms with E-state index < -0.39 is 0 Å². The quantitative estimate of drug-likeness (QED) is 0.868. The lowest BCUT2D eigenvalue weighted by Crippen LogP contribution is -2.45. The van der Waals surface area contributed by atoms with Crippen LogP contribution in [0.3, 0.4) is 0 Å². The van der Waals surface area contributed by atoms with Gasteiger partial charge in [-0.25, -0.2) is 9.97 Å². The normalized spacial score (nSPS) is 24.6. The maximum atomic E-state index is 4.45. The summed E-state index contributed by atoms with van der Waals surface area (Å²) in [5, 5.41) is 0. The summed E-state index contributed by atoms with van der Waals surface area (Å²) < 4.78 is 0. The van der Waals surface area contributed by atoms with Gasteiger partial charge in [-0.15, -0.1) is 0 Å². The average molecular weight is 322 g/mol. The van der Waals surface area contributed by atoms with Gasteiger partial charge in [0, 0.05) is 44.0 Å². The fourth-order valence-electron chi connectivity index (χ4n) is 4.40. The third-order valence-electron chi connectivity index (χ3n) is 5.50. The molecule has 126 valence electrons. The van der Waals surface area contributed by atoms with Crippen molar-refractivity contribution >= 4 is 5.95 Å². The fraction of sp³-hybridized carbons (Fsp3) is 0.500. The van der Waals surface area contributed by atoms with Gasteiger partial charge >= 0.3 is 0 Å². The lowest BCUT2D eigenvalue weighted by Gasteiger charge is -2.40. The Morgan fingerprint density at radius 2 is 1.92 bits per heavy atom. The Bertz CT molecular complexity index is 687. The van der Waals surface area contributed by atoms with Gasteiger partial charge in [0.15, 0.2) is 0 Å². The minimum absolute atomic E-state index is 0.418. The molecule has 0 radical (unpaired) electrons. The molecule has 1 spiro atoms. The summed E-state index contributed by atoms with van der Waals surface area (Å²) in [6.45, 7) is 7.84. The summed E-state index contributed by atoms with van der Waals surface area (Å²) in [6, 6.07) is 10.8. The van der Waals surface area contributed by atoms with Crippen molar-refractivity contribution in [2.75, 3.05) is 31.1 Å². The summed E-state index contributed by atoms with van der Waals surface area (Å²) in [7, 11) is 0. The second-order valence-electron chi connectivity index (χ2n) is 7.52. The molecule has 2 aliphatic heterocycles. The number of hydrogen-bond donors (Lipinski definition) is 0. The molecule has 1 atom stereocenters. The molecule has 0 saturated carbocycles. The van der Waals surface area contributed by atoms with Crippen molar-refractivity contribution in [3.63, 3.8) is 0 Å². The molecule has 0 unspecified atom stereocenters. The standard InChI is InChI=1S/C20H26N4/c1-17-5-2-6-18(13-17)14-23-12-8-20(15-23)7-3-11-24(16-20)19-21-9-4-10-22-19/h2,4-6,9-10,13H,3,7-8,11-12,14-16H2,1H3/t20-/m1/s1. The number of likely N-dealkylation sites (tertiary alicyclic amines) is 1. The number of aryl methyl sites for hydroxylation is 1. The molecule has 0 aliphatic carbocycles. The van der Waals surface area contributed by atoms with Crippen molar-refractivity contribution in [2.24, 2.45) is 5.41 Å².